The predicted octanol–water partition coefficient (Wildman–Crippen LogP) is 3.25. The molecule has 0 saturated heterocycles. The molecule has 0 aliphatic carbocycles. The Bertz CT molecular complexity index is 581. The fourth-order valence-corrected chi connectivity index (χ4v) is 1.98. The van der Waals surface area contributed by atoms with Crippen molar-refractivity contribution in [1.82, 2.24) is 0 Å². The van der Waals surface area contributed by atoms with Crippen LogP contribution in [0.2, 0.25) is 0 Å². The van der Waals surface area contributed by atoms with Crippen LogP contribution in [0.4, 0.5) is 0 Å². The van der Waals surface area contributed by atoms with Gasteiger partial charge in [0.15, 0.2) is 0 Å². The zero-order chi connectivity index (χ0) is 15.6. The summed E-state index contributed by atoms with van der Waals surface area (Å²) in [6.45, 7) is 0.612. The summed E-state index contributed by atoms with van der Waals surface area (Å²) in [7, 11) is 1.63. The average molecular weight is 300 g/mol. The summed E-state index contributed by atoms with van der Waals surface area (Å²) in [5.41, 5.74) is 1.05. The van der Waals surface area contributed by atoms with Crippen LogP contribution < -0.4 is 9.47 Å². The molecule has 0 amide bonds. The van der Waals surface area contributed by atoms with Gasteiger partial charge in [-0.2, -0.15) is 0 Å². The van der Waals surface area contributed by atoms with E-state index >= 15 is 0 Å². The van der Waals surface area contributed by atoms with Gasteiger partial charge in [-0.15, -0.1) is 0 Å². The van der Waals surface area contributed by atoms with Gasteiger partial charge in [-0.1, -0.05) is 30.3 Å². The van der Waals surface area contributed by atoms with Crippen LogP contribution in [0.3, 0.4) is 0 Å². The molecular weight excluding hydrogens is 280 g/mol. The normalized spacial score (nSPS) is 10.0. The van der Waals surface area contributed by atoms with Crippen molar-refractivity contribution in [2.24, 2.45) is 0 Å². The van der Waals surface area contributed by atoms with Crippen LogP contribution in [0.15, 0.2) is 54.6 Å². The van der Waals surface area contributed by atoms with Crippen LogP contribution in [0.5, 0.6) is 11.5 Å². The second kappa shape index (κ2) is 8.72. The molecule has 0 saturated carbocycles. The monoisotopic (exact) mass is 300 g/mol. The van der Waals surface area contributed by atoms with E-state index in [4.69, 9.17) is 14.2 Å². The maximum absolute atomic E-state index is 11.7. The molecule has 0 radical (unpaired) electrons. The Morgan fingerprint density at radius 1 is 0.955 bits per heavy atom. The highest BCUT2D eigenvalue weighted by Gasteiger charge is 2.04. The lowest BCUT2D eigenvalue weighted by Crippen LogP contribution is -2.12. The average Bonchev–Trinajstić information content (AvgIpc) is 2.58. The molecular formula is C18H20O4. The number of esters is 1. The summed E-state index contributed by atoms with van der Waals surface area (Å²) in [5, 5.41) is 0. The number of carbonyl (C=O) groups excluding carboxylic acids is 1. The molecule has 2 rings (SSSR count). The molecule has 116 valence electrons. The third-order valence-corrected chi connectivity index (χ3v) is 3.11. The van der Waals surface area contributed by atoms with Crippen LogP contribution in [0, 0.1) is 0 Å². The Labute approximate surface area is 130 Å². The Morgan fingerprint density at radius 3 is 2.50 bits per heavy atom. The molecule has 2 aromatic rings. The van der Waals surface area contributed by atoms with E-state index in [9.17, 15) is 4.79 Å². The second-order valence-corrected chi connectivity index (χ2v) is 4.73. The van der Waals surface area contributed by atoms with Gasteiger partial charge in [0.05, 0.1) is 7.11 Å². The van der Waals surface area contributed by atoms with Gasteiger partial charge in [0, 0.05) is 6.42 Å². The van der Waals surface area contributed by atoms with E-state index in [2.05, 4.69) is 0 Å². The highest BCUT2D eigenvalue weighted by Crippen LogP contribution is 2.14. The minimum absolute atomic E-state index is 0.223. The lowest BCUT2D eigenvalue weighted by molar-refractivity contribution is -0.144. The van der Waals surface area contributed by atoms with Gasteiger partial charge < -0.3 is 14.2 Å². The number of hydrogen-bond acceptors (Lipinski definition) is 4. The number of para-hydroxylation sites is 1. The molecule has 0 aromatic heterocycles. The van der Waals surface area contributed by atoms with Crippen molar-refractivity contribution in [3.8, 4) is 11.5 Å². The quantitative estimate of drug-likeness (QED) is 0.554. The predicted molar refractivity (Wildman–Crippen MR) is 84.2 cm³/mol. The van der Waals surface area contributed by atoms with Crippen molar-refractivity contribution in [3.63, 3.8) is 0 Å². The van der Waals surface area contributed by atoms with Crippen LogP contribution in [-0.4, -0.2) is 26.3 Å². The summed E-state index contributed by atoms with van der Waals surface area (Å²) in [5.74, 6) is 1.34. The number of rotatable bonds is 8. The molecule has 0 aliphatic rings. The second-order valence-electron chi connectivity index (χ2n) is 4.73. The number of ether oxygens (including phenoxy) is 3. The van der Waals surface area contributed by atoms with Crippen molar-refractivity contribution < 1.29 is 19.0 Å². The maximum Gasteiger partial charge on any atom is 0.306 e. The number of methoxy groups -OCH3 is 1. The van der Waals surface area contributed by atoms with E-state index in [1.165, 1.54) is 0 Å². The first kappa shape index (κ1) is 15.9. The van der Waals surface area contributed by atoms with Crippen LogP contribution >= 0.6 is 0 Å². The Morgan fingerprint density at radius 2 is 1.73 bits per heavy atom. The van der Waals surface area contributed by atoms with E-state index in [0.29, 0.717) is 19.4 Å². The molecule has 0 aliphatic heterocycles. The summed E-state index contributed by atoms with van der Waals surface area (Å²) >= 11 is 0. The van der Waals surface area contributed by atoms with Gasteiger partial charge in [-0.25, -0.2) is 0 Å². The van der Waals surface area contributed by atoms with E-state index in [1.54, 1.807) is 7.11 Å². The number of carbonyl (C=O) groups is 1. The standard InChI is InChI=1S/C18H20O4/c1-20-17-9-5-6-15(14-17)10-11-18(19)22-13-12-21-16-7-3-2-4-8-16/h2-9,14H,10-13H2,1H3. The Kier molecular flexibility index (Phi) is 6.30. The van der Waals surface area contributed by atoms with Gasteiger partial charge in [0.25, 0.3) is 0 Å². The highest BCUT2D eigenvalue weighted by molar-refractivity contribution is 5.69. The summed E-state index contributed by atoms with van der Waals surface area (Å²) in [6, 6.07) is 17.1. The van der Waals surface area contributed by atoms with Crippen LogP contribution in [0.25, 0.3) is 0 Å². The molecule has 4 heteroatoms. The van der Waals surface area contributed by atoms with Crippen molar-refractivity contribution in [3.05, 3.63) is 60.2 Å². The van der Waals surface area contributed by atoms with E-state index in [1.807, 2.05) is 54.6 Å². The van der Waals surface area contributed by atoms with Gasteiger partial charge in [-0.05, 0) is 36.2 Å². The lowest BCUT2D eigenvalue weighted by atomic mass is 10.1. The molecule has 4 nitrogen and oxygen atoms in total. The minimum atomic E-state index is -0.223. The van der Waals surface area contributed by atoms with Crippen LogP contribution in [-0.2, 0) is 16.0 Å². The van der Waals surface area contributed by atoms with E-state index in [-0.39, 0.29) is 12.6 Å². The summed E-state index contributed by atoms with van der Waals surface area (Å²) in [4.78, 5) is 11.7. The third kappa shape index (κ3) is 5.48. The topological polar surface area (TPSA) is 44.8 Å². The smallest absolute Gasteiger partial charge is 0.306 e. The summed E-state index contributed by atoms with van der Waals surface area (Å²) < 4.78 is 15.8. The van der Waals surface area contributed by atoms with Gasteiger partial charge in [-0.3, -0.25) is 4.79 Å². The van der Waals surface area contributed by atoms with Crippen molar-refractivity contribution in [2.75, 3.05) is 20.3 Å². The van der Waals surface area contributed by atoms with E-state index in [0.717, 1.165) is 17.1 Å². The van der Waals surface area contributed by atoms with Crippen LogP contribution in [0.1, 0.15) is 12.0 Å². The molecule has 22 heavy (non-hydrogen) atoms. The largest absolute Gasteiger partial charge is 0.497 e. The first-order chi connectivity index (χ1) is 10.8. The molecule has 0 heterocycles. The molecule has 2 aromatic carbocycles. The highest BCUT2D eigenvalue weighted by atomic mass is 16.6. The molecule has 0 unspecified atom stereocenters. The first-order valence-electron chi connectivity index (χ1n) is 7.24. The fraction of sp³-hybridized carbons (Fsp3) is 0.278. The fourth-order valence-electron chi connectivity index (χ4n) is 1.98. The van der Waals surface area contributed by atoms with Gasteiger partial charge >= 0.3 is 5.97 Å². The van der Waals surface area contributed by atoms with Gasteiger partial charge in [0.2, 0.25) is 0 Å². The number of benzene rings is 2. The number of hydrogen-bond donors (Lipinski definition) is 0. The summed E-state index contributed by atoms with van der Waals surface area (Å²) in [6.07, 6.45) is 0.980. The van der Waals surface area contributed by atoms with E-state index < -0.39 is 0 Å². The van der Waals surface area contributed by atoms with Gasteiger partial charge in [0.1, 0.15) is 24.7 Å². The SMILES string of the molecule is COc1cccc(CCC(=O)OCCOc2ccccc2)c1. The third-order valence-electron chi connectivity index (χ3n) is 3.11. The first-order valence-corrected chi connectivity index (χ1v) is 7.24. The van der Waals surface area contributed by atoms with Crippen molar-refractivity contribution >= 4 is 5.97 Å². The van der Waals surface area contributed by atoms with Crippen molar-refractivity contribution in [1.29, 1.82) is 0 Å². The zero-order valence-electron chi connectivity index (χ0n) is 12.7. The Balaban J connectivity index is 1.63. The Hall–Kier alpha value is -2.49. The maximum atomic E-state index is 11.7. The molecule has 0 atom stereocenters. The molecule has 0 fully saturated rings. The zero-order valence-corrected chi connectivity index (χ0v) is 12.7. The van der Waals surface area contributed by atoms with Crippen molar-refractivity contribution in [2.45, 2.75) is 12.8 Å². The molecule has 0 N–H and O–H groups in total. The molecule has 0 spiro atoms. The number of aryl methyl sites for hydroxylation is 1. The molecule has 0 bridgehead atoms. The minimum Gasteiger partial charge on any atom is -0.497 e. The lowest BCUT2D eigenvalue weighted by Gasteiger charge is -2.07.